The molecule has 0 aliphatic rings. The van der Waals surface area contributed by atoms with Crippen LogP contribution in [0.2, 0.25) is 0 Å². The van der Waals surface area contributed by atoms with Gasteiger partial charge in [0.15, 0.2) is 5.82 Å². The molecule has 0 fully saturated rings. The van der Waals surface area contributed by atoms with E-state index in [0.717, 1.165) is 42.1 Å². The van der Waals surface area contributed by atoms with Crippen LogP contribution in [0.3, 0.4) is 0 Å². The van der Waals surface area contributed by atoms with Crippen LogP contribution in [0.15, 0.2) is 0 Å². The first-order valence-electron chi connectivity index (χ1n) is 7.39. The summed E-state index contributed by atoms with van der Waals surface area (Å²) in [5, 5.41) is 8.86. The van der Waals surface area contributed by atoms with Crippen molar-refractivity contribution in [2.45, 2.75) is 52.6 Å². The topological polar surface area (TPSA) is 55.0 Å². The van der Waals surface area contributed by atoms with Gasteiger partial charge in [-0.2, -0.15) is 16.9 Å². The lowest BCUT2D eigenvalue weighted by atomic mass is 10.0. The van der Waals surface area contributed by atoms with Crippen LogP contribution in [0.4, 0.5) is 5.82 Å². The zero-order chi connectivity index (χ0) is 15.1. The first-order valence-corrected chi connectivity index (χ1v) is 8.79. The zero-order valence-electron chi connectivity index (χ0n) is 13.4. The van der Waals surface area contributed by atoms with Crippen molar-refractivity contribution >= 4 is 17.6 Å². The van der Waals surface area contributed by atoms with Crippen LogP contribution in [0.1, 0.15) is 44.0 Å². The minimum atomic E-state index is 0.444. The van der Waals surface area contributed by atoms with Crippen LogP contribution in [-0.4, -0.2) is 35.3 Å². The molecule has 1 unspecified atom stereocenters. The Bertz CT molecular complexity index is 423. The summed E-state index contributed by atoms with van der Waals surface area (Å²) in [7, 11) is 2.10. The van der Waals surface area contributed by atoms with Crippen molar-refractivity contribution < 1.29 is 0 Å². The number of nitrogens with two attached hydrogens (primary N) is 1. The highest BCUT2D eigenvalue weighted by atomic mass is 32.2. The van der Waals surface area contributed by atoms with E-state index in [1.54, 1.807) is 0 Å². The molecule has 0 saturated heterocycles. The molecule has 1 atom stereocenters. The Balaban J connectivity index is 3.10. The monoisotopic (exact) mass is 296 g/mol. The molecular weight excluding hydrogens is 268 g/mol. The van der Waals surface area contributed by atoms with Gasteiger partial charge in [-0.15, -0.1) is 5.10 Å². The van der Waals surface area contributed by atoms with Crippen molar-refractivity contribution in [2.24, 2.45) is 5.73 Å². The van der Waals surface area contributed by atoms with Crippen LogP contribution in [0, 0.1) is 0 Å². The van der Waals surface area contributed by atoms with Crippen molar-refractivity contribution in [3.63, 3.8) is 0 Å². The molecule has 20 heavy (non-hydrogen) atoms. The summed E-state index contributed by atoms with van der Waals surface area (Å²) in [4.78, 5) is 2.23. The van der Waals surface area contributed by atoms with E-state index < -0.39 is 0 Å². The third kappa shape index (κ3) is 3.85. The standard InChI is InChI=1S/C15H28N4S/c1-6-12-13(10-16)15(18-17-14(12)7-2)19(4)11(3)8-9-20-5/h11H,6-10,16H2,1-5H3. The summed E-state index contributed by atoms with van der Waals surface area (Å²) in [5.41, 5.74) is 9.52. The van der Waals surface area contributed by atoms with Gasteiger partial charge < -0.3 is 10.6 Å². The molecule has 1 aromatic heterocycles. The first kappa shape index (κ1) is 17.2. The summed E-state index contributed by atoms with van der Waals surface area (Å²) < 4.78 is 0. The lowest BCUT2D eigenvalue weighted by Gasteiger charge is -2.28. The molecule has 5 heteroatoms. The fraction of sp³-hybridized carbons (Fsp3) is 0.733. The van der Waals surface area contributed by atoms with Gasteiger partial charge >= 0.3 is 0 Å². The predicted molar refractivity (Wildman–Crippen MR) is 89.5 cm³/mol. The molecule has 2 N–H and O–H groups in total. The van der Waals surface area contributed by atoms with Gasteiger partial charge in [-0.25, -0.2) is 0 Å². The van der Waals surface area contributed by atoms with Gasteiger partial charge in [0.05, 0.1) is 5.69 Å². The fourth-order valence-corrected chi connectivity index (χ4v) is 3.00. The molecule has 0 aliphatic carbocycles. The Morgan fingerprint density at radius 3 is 2.40 bits per heavy atom. The van der Waals surface area contributed by atoms with Crippen molar-refractivity contribution in [1.29, 1.82) is 0 Å². The highest BCUT2D eigenvalue weighted by molar-refractivity contribution is 7.98. The summed E-state index contributed by atoms with van der Waals surface area (Å²) in [6.07, 6.45) is 5.16. The van der Waals surface area contributed by atoms with E-state index in [1.807, 2.05) is 11.8 Å². The summed E-state index contributed by atoms with van der Waals surface area (Å²) in [6, 6.07) is 0.444. The smallest absolute Gasteiger partial charge is 0.156 e. The lowest BCUT2D eigenvalue weighted by Crippen LogP contribution is -2.32. The number of rotatable bonds is 8. The second kappa shape index (κ2) is 8.47. The van der Waals surface area contributed by atoms with Gasteiger partial charge in [0.1, 0.15) is 0 Å². The van der Waals surface area contributed by atoms with Gasteiger partial charge in [0, 0.05) is 25.2 Å². The average Bonchev–Trinajstić information content (AvgIpc) is 2.49. The molecule has 114 valence electrons. The lowest BCUT2D eigenvalue weighted by molar-refractivity contribution is 0.649. The zero-order valence-corrected chi connectivity index (χ0v) is 14.3. The van der Waals surface area contributed by atoms with Gasteiger partial charge in [-0.1, -0.05) is 13.8 Å². The summed E-state index contributed by atoms with van der Waals surface area (Å²) in [5.74, 6) is 2.11. The van der Waals surface area contributed by atoms with Crippen LogP contribution in [0.5, 0.6) is 0 Å². The van der Waals surface area contributed by atoms with E-state index in [0.29, 0.717) is 12.6 Å². The van der Waals surface area contributed by atoms with E-state index in [9.17, 15) is 0 Å². The predicted octanol–water partition coefficient (Wildman–Crippen LogP) is 2.64. The quantitative estimate of drug-likeness (QED) is 0.799. The molecule has 1 aromatic rings. The van der Waals surface area contributed by atoms with E-state index in [-0.39, 0.29) is 0 Å². The maximum atomic E-state index is 5.99. The second-order valence-electron chi connectivity index (χ2n) is 5.08. The Morgan fingerprint density at radius 1 is 1.20 bits per heavy atom. The second-order valence-corrected chi connectivity index (χ2v) is 6.07. The molecule has 0 bridgehead atoms. The number of nitrogens with zero attached hydrogens (tertiary/aromatic N) is 3. The Labute approximate surface area is 127 Å². The molecule has 0 saturated carbocycles. The fourth-order valence-electron chi connectivity index (χ4n) is 2.43. The molecular formula is C15H28N4S. The molecule has 1 heterocycles. The molecule has 0 aliphatic heterocycles. The largest absolute Gasteiger partial charge is 0.355 e. The minimum Gasteiger partial charge on any atom is -0.355 e. The van der Waals surface area contributed by atoms with Crippen molar-refractivity contribution in [3.05, 3.63) is 16.8 Å². The molecule has 0 aromatic carbocycles. The summed E-state index contributed by atoms with van der Waals surface area (Å²) >= 11 is 1.88. The number of anilines is 1. The number of hydrogen-bond donors (Lipinski definition) is 1. The summed E-state index contributed by atoms with van der Waals surface area (Å²) in [6.45, 7) is 7.04. The number of hydrogen-bond acceptors (Lipinski definition) is 5. The minimum absolute atomic E-state index is 0.444. The first-order chi connectivity index (χ1) is 9.60. The average molecular weight is 296 g/mol. The number of aryl methyl sites for hydroxylation is 1. The highest BCUT2D eigenvalue weighted by Gasteiger charge is 2.19. The van der Waals surface area contributed by atoms with E-state index >= 15 is 0 Å². The molecule has 0 amide bonds. The normalized spacial score (nSPS) is 12.5. The SMILES string of the molecule is CCc1nnc(N(C)C(C)CCSC)c(CN)c1CC. The number of thioether (sulfide) groups is 1. The van der Waals surface area contributed by atoms with Gasteiger partial charge in [-0.05, 0) is 43.8 Å². The maximum absolute atomic E-state index is 5.99. The van der Waals surface area contributed by atoms with Crippen molar-refractivity contribution in [3.8, 4) is 0 Å². The highest BCUT2D eigenvalue weighted by Crippen LogP contribution is 2.25. The maximum Gasteiger partial charge on any atom is 0.156 e. The van der Waals surface area contributed by atoms with Gasteiger partial charge in [0.25, 0.3) is 0 Å². The molecule has 0 spiro atoms. The van der Waals surface area contributed by atoms with E-state index in [1.165, 1.54) is 5.56 Å². The van der Waals surface area contributed by atoms with Crippen LogP contribution in [0.25, 0.3) is 0 Å². The molecule has 1 rings (SSSR count). The molecule has 0 radical (unpaired) electrons. The van der Waals surface area contributed by atoms with Crippen molar-refractivity contribution in [1.82, 2.24) is 10.2 Å². The Kier molecular flexibility index (Phi) is 7.30. The van der Waals surface area contributed by atoms with Gasteiger partial charge in [-0.3, -0.25) is 0 Å². The third-order valence-corrected chi connectivity index (χ3v) is 4.52. The van der Waals surface area contributed by atoms with Gasteiger partial charge in [0.2, 0.25) is 0 Å². The number of aromatic nitrogens is 2. The third-order valence-electron chi connectivity index (χ3n) is 3.88. The van der Waals surface area contributed by atoms with Crippen LogP contribution in [-0.2, 0) is 19.4 Å². The van der Waals surface area contributed by atoms with Crippen molar-refractivity contribution in [2.75, 3.05) is 24.0 Å². The molecule has 4 nitrogen and oxygen atoms in total. The van der Waals surface area contributed by atoms with E-state index in [2.05, 4.69) is 49.2 Å². The Morgan fingerprint density at radius 2 is 1.90 bits per heavy atom. The van der Waals surface area contributed by atoms with E-state index in [4.69, 9.17) is 5.73 Å². The Hall–Kier alpha value is -0.810. The van der Waals surface area contributed by atoms with Crippen LogP contribution < -0.4 is 10.6 Å². The van der Waals surface area contributed by atoms with Crippen LogP contribution >= 0.6 is 11.8 Å².